The van der Waals surface area contributed by atoms with Gasteiger partial charge in [-0.3, -0.25) is 4.79 Å². The number of amides is 1. The van der Waals surface area contributed by atoms with E-state index in [0.717, 1.165) is 0 Å². The van der Waals surface area contributed by atoms with Crippen molar-refractivity contribution in [3.05, 3.63) is 40.9 Å². The van der Waals surface area contributed by atoms with Gasteiger partial charge >= 0.3 is 0 Å². The fourth-order valence-electron chi connectivity index (χ4n) is 1.25. The lowest BCUT2D eigenvalue weighted by atomic mass is 10.4. The Morgan fingerprint density at radius 1 is 1.47 bits per heavy atom. The first-order valence-electron chi connectivity index (χ1n) is 4.76. The fourth-order valence-corrected chi connectivity index (χ4v) is 1.56. The molecule has 0 aliphatic heterocycles. The zero-order valence-corrected chi connectivity index (χ0v) is 10.5. The molecule has 1 N–H and O–H groups in total. The molecule has 0 aliphatic rings. The normalized spacial score (nSPS) is 10.0. The maximum Gasteiger partial charge on any atom is 0.292 e. The van der Waals surface area contributed by atoms with Crippen molar-refractivity contribution >= 4 is 27.7 Å². The predicted molar refractivity (Wildman–Crippen MR) is 65.2 cm³/mol. The summed E-state index contributed by atoms with van der Waals surface area (Å²) in [7, 11) is 1.51. The smallest absolute Gasteiger partial charge is 0.292 e. The number of carbonyl (C=O) groups is 1. The summed E-state index contributed by atoms with van der Waals surface area (Å²) in [6, 6.07) is 6.64. The highest BCUT2D eigenvalue weighted by Gasteiger charge is 2.13. The number of hydrogen-bond donors (Lipinski definition) is 1. The first-order chi connectivity index (χ1) is 8.20. The molecule has 0 aromatic carbocycles. The van der Waals surface area contributed by atoms with Crippen LogP contribution < -0.4 is 10.1 Å². The number of methoxy groups -OCH3 is 1. The van der Waals surface area contributed by atoms with Crippen LogP contribution >= 0.6 is 15.9 Å². The molecule has 0 atom stereocenters. The Morgan fingerprint density at radius 3 is 2.94 bits per heavy atom. The zero-order valence-electron chi connectivity index (χ0n) is 8.94. The van der Waals surface area contributed by atoms with Gasteiger partial charge in [-0.2, -0.15) is 0 Å². The lowest BCUT2D eigenvalue weighted by Gasteiger charge is -2.06. The molecule has 0 saturated heterocycles. The monoisotopic (exact) mass is 296 g/mol. The molecule has 0 bridgehead atoms. The summed E-state index contributed by atoms with van der Waals surface area (Å²) >= 11 is 3.13. The summed E-state index contributed by atoms with van der Waals surface area (Å²) in [5.41, 5.74) is 0. The molecule has 5 nitrogen and oxygen atoms in total. The average Bonchev–Trinajstić information content (AvgIpc) is 2.77. The number of anilines is 1. The number of rotatable bonds is 3. The highest BCUT2D eigenvalue weighted by molar-refractivity contribution is 9.10. The van der Waals surface area contributed by atoms with E-state index in [4.69, 9.17) is 9.15 Å². The van der Waals surface area contributed by atoms with Crippen LogP contribution in [0, 0.1) is 0 Å². The molecule has 0 aliphatic carbocycles. The van der Waals surface area contributed by atoms with Gasteiger partial charge in [0.1, 0.15) is 0 Å². The number of furan rings is 1. The molecule has 2 aromatic heterocycles. The van der Waals surface area contributed by atoms with Crippen molar-refractivity contribution < 1.29 is 13.9 Å². The number of ether oxygens (including phenoxy) is 1. The van der Waals surface area contributed by atoms with E-state index in [9.17, 15) is 4.79 Å². The van der Waals surface area contributed by atoms with Crippen molar-refractivity contribution in [3.8, 4) is 5.75 Å². The molecule has 2 heterocycles. The summed E-state index contributed by atoms with van der Waals surface area (Å²) in [4.78, 5) is 15.8. The van der Waals surface area contributed by atoms with E-state index in [-0.39, 0.29) is 11.7 Å². The SMILES string of the molecule is COc1cccnc1NC(=O)c1ccc(Br)o1. The van der Waals surface area contributed by atoms with Crippen molar-refractivity contribution in [2.75, 3.05) is 12.4 Å². The van der Waals surface area contributed by atoms with Gasteiger partial charge in [-0.15, -0.1) is 0 Å². The fraction of sp³-hybridized carbons (Fsp3) is 0.0909. The Bertz CT molecular complexity index is 539. The molecule has 88 valence electrons. The highest BCUT2D eigenvalue weighted by Crippen LogP contribution is 2.21. The van der Waals surface area contributed by atoms with Crippen LogP contribution in [0.1, 0.15) is 10.6 Å². The van der Waals surface area contributed by atoms with Crippen LogP contribution in [-0.2, 0) is 0 Å². The van der Waals surface area contributed by atoms with Crippen molar-refractivity contribution in [1.29, 1.82) is 0 Å². The molecule has 17 heavy (non-hydrogen) atoms. The molecule has 6 heteroatoms. The molecule has 2 rings (SSSR count). The van der Waals surface area contributed by atoms with E-state index >= 15 is 0 Å². The summed E-state index contributed by atoms with van der Waals surface area (Å²) in [5, 5.41) is 2.60. The number of pyridine rings is 1. The Hall–Kier alpha value is -1.82. The number of nitrogens with zero attached hydrogens (tertiary/aromatic N) is 1. The minimum atomic E-state index is -0.382. The summed E-state index contributed by atoms with van der Waals surface area (Å²) in [6.45, 7) is 0. The zero-order chi connectivity index (χ0) is 12.3. The van der Waals surface area contributed by atoms with Gasteiger partial charge in [0.25, 0.3) is 5.91 Å². The molecule has 0 saturated carbocycles. The number of halogens is 1. The van der Waals surface area contributed by atoms with Crippen molar-refractivity contribution in [3.63, 3.8) is 0 Å². The molecular formula is C11H9BrN2O3. The molecular weight excluding hydrogens is 288 g/mol. The minimum absolute atomic E-state index is 0.199. The van der Waals surface area contributed by atoms with Gasteiger partial charge in [-0.25, -0.2) is 4.98 Å². The summed E-state index contributed by atoms with van der Waals surface area (Å²) in [6.07, 6.45) is 1.57. The Kier molecular flexibility index (Phi) is 3.43. The predicted octanol–water partition coefficient (Wildman–Crippen LogP) is 2.70. The first kappa shape index (κ1) is 11.7. The number of aromatic nitrogens is 1. The van der Waals surface area contributed by atoms with Crippen molar-refractivity contribution in [1.82, 2.24) is 4.98 Å². The van der Waals surface area contributed by atoms with Crippen LogP contribution in [0.5, 0.6) is 5.75 Å². The Labute approximate surface area is 106 Å². The van der Waals surface area contributed by atoms with Crippen LogP contribution in [0.2, 0.25) is 0 Å². The molecule has 0 spiro atoms. The first-order valence-corrected chi connectivity index (χ1v) is 5.55. The third-order valence-electron chi connectivity index (χ3n) is 2.02. The van der Waals surface area contributed by atoms with Crippen LogP contribution in [0.3, 0.4) is 0 Å². The van der Waals surface area contributed by atoms with Crippen molar-refractivity contribution in [2.24, 2.45) is 0 Å². The maximum atomic E-state index is 11.8. The lowest BCUT2D eigenvalue weighted by molar-refractivity contribution is 0.0994. The van der Waals surface area contributed by atoms with Crippen LogP contribution in [0.4, 0.5) is 5.82 Å². The van der Waals surface area contributed by atoms with Gasteiger partial charge in [-0.05, 0) is 40.2 Å². The number of carbonyl (C=O) groups excluding carboxylic acids is 1. The standard InChI is InChI=1S/C11H9BrN2O3/c1-16-7-3-2-6-13-10(7)14-11(15)8-4-5-9(12)17-8/h2-6H,1H3,(H,13,14,15). The summed E-state index contributed by atoms with van der Waals surface area (Å²) < 4.78 is 10.7. The third-order valence-corrected chi connectivity index (χ3v) is 2.45. The lowest BCUT2D eigenvalue weighted by Crippen LogP contribution is -2.12. The van der Waals surface area contributed by atoms with Crippen molar-refractivity contribution in [2.45, 2.75) is 0 Å². The largest absolute Gasteiger partial charge is 0.493 e. The van der Waals surface area contributed by atoms with Crippen LogP contribution in [0.25, 0.3) is 0 Å². The van der Waals surface area contributed by atoms with Gasteiger partial charge in [0.2, 0.25) is 0 Å². The van der Waals surface area contributed by atoms with E-state index < -0.39 is 0 Å². The Morgan fingerprint density at radius 2 is 2.29 bits per heavy atom. The van der Waals surface area contributed by atoms with E-state index in [1.54, 1.807) is 30.5 Å². The van der Waals surface area contributed by atoms with Crippen LogP contribution in [-0.4, -0.2) is 18.0 Å². The Balaban J connectivity index is 2.18. The van der Waals surface area contributed by atoms with E-state index in [1.807, 2.05) is 0 Å². The van der Waals surface area contributed by atoms with Gasteiger partial charge in [0.15, 0.2) is 22.0 Å². The highest BCUT2D eigenvalue weighted by atomic mass is 79.9. The molecule has 0 radical (unpaired) electrons. The molecule has 0 fully saturated rings. The van der Waals surface area contributed by atoms with E-state index in [1.165, 1.54) is 7.11 Å². The van der Waals surface area contributed by atoms with Gasteiger partial charge in [0, 0.05) is 6.20 Å². The van der Waals surface area contributed by atoms with E-state index in [2.05, 4.69) is 26.2 Å². The van der Waals surface area contributed by atoms with Gasteiger partial charge in [0.05, 0.1) is 7.11 Å². The summed E-state index contributed by atoms with van der Waals surface area (Å²) in [5.74, 6) is 0.663. The molecule has 1 amide bonds. The number of hydrogen-bond acceptors (Lipinski definition) is 4. The van der Waals surface area contributed by atoms with Gasteiger partial charge in [-0.1, -0.05) is 0 Å². The quantitative estimate of drug-likeness (QED) is 0.946. The van der Waals surface area contributed by atoms with E-state index in [0.29, 0.717) is 16.2 Å². The minimum Gasteiger partial charge on any atom is -0.493 e. The third kappa shape index (κ3) is 2.65. The second-order valence-electron chi connectivity index (χ2n) is 3.11. The maximum absolute atomic E-state index is 11.8. The second-order valence-corrected chi connectivity index (χ2v) is 3.89. The average molecular weight is 297 g/mol. The second kappa shape index (κ2) is 5.01. The van der Waals surface area contributed by atoms with Gasteiger partial charge < -0.3 is 14.5 Å². The van der Waals surface area contributed by atoms with Crippen LogP contribution in [0.15, 0.2) is 39.5 Å². The number of nitrogens with one attached hydrogen (secondary N) is 1. The molecule has 2 aromatic rings. The molecule has 0 unspecified atom stereocenters. The topological polar surface area (TPSA) is 64.4 Å².